The molecule has 0 aliphatic carbocycles. The summed E-state index contributed by atoms with van der Waals surface area (Å²) in [5.74, 6) is -0.0154. The van der Waals surface area contributed by atoms with Gasteiger partial charge in [0.2, 0.25) is 11.7 Å². The first-order valence-corrected chi connectivity index (χ1v) is 11.8. The van der Waals surface area contributed by atoms with Gasteiger partial charge in [-0.15, -0.1) is 0 Å². The predicted octanol–water partition coefficient (Wildman–Crippen LogP) is 2.70. The quantitative estimate of drug-likeness (QED) is 0.383. The lowest BCUT2D eigenvalue weighted by Gasteiger charge is -2.15. The monoisotopic (exact) mass is 465 g/mol. The maximum Gasteiger partial charge on any atom is 0.332 e. The number of aromatic nitrogens is 5. The van der Waals surface area contributed by atoms with Crippen molar-refractivity contribution in [3.05, 3.63) is 72.7 Å². The summed E-state index contributed by atoms with van der Waals surface area (Å²) in [4.78, 5) is 43.6. The van der Waals surface area contributed by atoms with Crippen molar-refractivity contribution in [1.82, 2.24) is 23.1 Å². The van der Waals surface area contributed by atoms with Gasteiger partial charge in [-0.25, -0.2) is 9.20 Å². The number of hydrogen-bond acceptors (Lipinski definition) is 5. The molecule has 4 aromatic rings. The van der Waals surface area contributed by atoms with Gasteiger partial charge in [0.25, 0.3) is 11.1 Å². The van der Waals surface area contributed by atoms with E-state index in [1.54, 1.807) is 4.57 Å². The third-order valence-corrected chi connectivity index (χ3v) is 6.43. The van der Waals surface area contributed by atoms with E-state index in [-0.39, 0.29) is 34.9 Å². The Balaban J connectivity index is 1.93. The molecule has 180 valence electrons. The van der Waals surface area contributed by atoms with Crippen molar-refractivity contribution in [2.75, 3.05) is 0 Å². The summed E-state index contributed by atoms with van der Waals surface area (Å²) in [5.41, 5.74) is -0.274. The Labute approximate surface area is 196 Å². The zero-order chi connectivity index (χ0) is 24.4. The largest absolute Gasteiger partial charge is 0.494 e. The number of nitrogens with zero attached hydrogens (tertiary/aromatic N) is 5. The third kappa shape index (κ3) is 4.06. The van der Waals surface area contributed by atoms with Crippen LogP contribution in [0.1, 0.15) is 56.6 Å². The average molecular weight is 466 g/mol. The number of rotatable bonds is 9. The van der Waals surface area contributed by atoms with Crippen LogP contribution in [0.15, 0.2) is 44.7 Å². The molecule has 0 amide bonds. The normalized spacial score (nSPS) is 11.6. The molecule has 0 saturated carbocycles. The Morgan fingerprint density at radius 3 is 2.26 bits per heavy atom. The Morgan fingerprint density at radius 1 is 0.882 bits per heavy atom. The lowest BCUT2D eigenvalue weighted by molar-refractivity contribution is 0.410. The second-order valence-corrected chi connectivity index (χ2v) is 8.82. The van der Waals surface area contributed by atoms with Crippen LogP contribution in [0.3, 0.4) is 0 Å². The molecule has 9 nitrogen and oxygen atoms in total. The predicted molar refractivity (Wildman–Crippen MR) is 132 cm³/mol. The molecule has 34 heavy (non-hydrogen) atoms. The highest BCUT2D eigenvalue weighted by molar-refractivity contribution is 5.75. The molecule has 0 unspecified atom stereocenters. The number of aryl methyl sites for hydroxylation is 1. The van der Waals surface area contributed by atoms with E-state index in [1.807, 2.05) is 30.3 Å². The highest BCUT2D eigenvalue weighted by Crippen LogP contribution is 2.23. The molecule has 3 aromatic heterocycles. The summed E-state index contributed by atoms with van der Waals surface area (Å²) in [7, 11) is 2.89. The average Bonchev–Trinajstić information content (AvgIpc) is 3.24. The van der Waals surface area contributed by atoms with Crippen molar-refractivity contribution >= 4 is 16.9 Å². The van der Waals surface area contributed by atoms with Crippen molar-refractivity contribution in [2.24, 2.45) is 14.1 Å². The standard InChI is InChI=1S/C25H31N5O4/c1-4-5-6-7-8-12-15-18-21(31)29(16-17-13-10-9-11-14-17)24-26-20-19(30(24)22(18)32)23(33)28(3)25(34)27(20)2/h9-11,13-14,31H,4-8,12,15-16H2,1-3H3. The van der Waals surface area contributed by atoms with Crippen molar-refractivity contribution < 1.29 is 5.11 Å². The summed E-state index contributed by atoms with van der Waals surface area (Å²) >= 11 is 0. The molecule has 0 radical (unpaired) electrons. The summed E-state index contributed by atoms with van der Waals surface area (Å²) in [6.45, 7) is 2.43. The van der Waals surface area contributed by atoms with Crippen LogP contribution in [-0.4, -0.2) is 28.2 Å². The van der Waals surface area contributed by atoms with E-state index in [0.29, 0.717) is 6.42 Å². The molecule has 0 spiro atoms. The maximum absolute atomic E-state index is 13.6. The maximum atomic E-state index is 13.6. The highest BCUT2D eigenvalue weighted by atomic mass is 16.3. The fourth-order valence-corrected chi connectivity index (χ4v) is 4.46. The topological polar surface area (TPSA) is 104 Å². The molecule has 0 bridgehead atoms. The fraction of sp³-hybridized carbons (Fsp3) is 0.440. The number of aromatic hydroxyl groups is 1. The molecule has 3 heterocycles. The Hall–Kier alpha value is -3.62. The van der Waals surface area contributed by atoms with E-state index in [2.05, 4.69) is 11.9 Å². The van der Waals surface area contributed by atoms with Crippen LogP contribution in [0.5, 0.6) is 5.88 Å². The summed E-state index contributed by atoms with van der Waals surface area (Å²) < 4.78 is 5.03. The first-order chi connectivity index (χ1) is 16.4. The van der Waals surface area contributed by atoms with Crippen LogP contribution < -0.4 is 16.8 Å². The second-order valence-electron chi connectivity index (χ2n) is 8.82. The number of fused-ring (bicyclic) bond motifs is 3. The SMILES string of the molecule is CCCCCCCCc1c(O)n(Cc2ccccc2)c2nc3c(c(=O)n(C)c(=O)n3C)n2c1=O. The minimum absolute atomic E-state index is 0.0376. The van der Waals surface area contributed by atoms with E-state index in [4.69, 9.17) is 0 Å². The van der Waals surface area contributed by atoms with Crippen LogP contribution in [0.25, 0.3) is 16.9 Å². The van der Waals surface area contributed by atoms with Crippen molar-refractivity contribution in [3.8, 4) is 5.88 Å². The van der Waals surface area contributed by atoms with E-state index in [1.165, 1.54) is 29.5 Å². The van der Waals surface area contributed by atoms with Gasteiger partial charge in [0.05, 0.1) is 12.1 Å². The minimum Gasteiger partial charge on any atom is -0.494 e. The lowest BCUT2D eigenvalue weighted by atomic mass is 10.1. The van der Waals surface area contributed by atoms with Gasteiger partial charge in [-0.05, 0) is 18.4 Å². The number of imidazole rings is 1. The summed E-state index contributed by atoms with van der Waals surface area (Å²) in [5, 5.41) is 11.2. The molecule has 4 rings (SSSR count). The highest BCUT2D eigenvalue weighted by Gasteiger charge is 2.24. The van der Waals surface area contributed by atoms with Crippen molar-refractivity contribution in [2.45, 2.75) is 58.4 Å². The molecule has 0 atom stereocenters. The van der Waals surface area contributed by atoms with Crippen LogP contribution in [0, 0.1) is 0 Å². The van der Waals surface area contributed by atoms with Crippen LogP contribution in [0.2, 0.25) is 0 Å². The first-order valence-electron chi connectivity index (χ1n) is 11.8. The van der Waals surface area contributed by atoms with Gasteiger partial charge in [-0.1, -0.05) is 69.4 Å². The van der Waals surface area contributed by atoms with Gasteiger partial charge in [-0.2, -0.15) is 4.98 Å². The zero-order valence-corrected chi connectivity index (χ0v) is 20.0. The Bertz CT molecular complexity index is 1510. The van der Waals surface area contributed by atoms with Crippen LogP contribution in [-0.2, 0) is 27.1 Å². The molecule has 1 aromatic carbocycles. The van der Waals surface area contributed by atoms with Gasteiger partial charge in [-0.3, -0.25) is 23.3 Å². The van der Waals surface area contributed by atoms with Gasteiger partial charge >= 0.3 is 5.69 Å². The van der Waals surface area contributed by atoms with E-state index in [0.717, 1.165) is 42.2 Å². The Kier molecular flexibility index (Phi) is 6.72. The van der Waals surface area contributed by atoms with E-state index in [9.17, 15) is 19.5 Å². The Morgan fingerprint density at radius 2 is 1.56 bits per heavy atom. The smallest absolute Gasteiger partial charge is 0.332 e. The summed E-state index contributed by atoms with van der Waals surface area (Å²) in [6.07, 6.45) is 6.68. The summed E-state index contributed by atoms with van der Waals surface area (Å²) in [6, 6.07) is 9.52. The van der Waals surface area contributed by atoms with Crippen LogP contribution >= 0.6 is 0 Å². The van der Waals surface area contributed by atoms with E-state index < -0.39 is 16.8 Å². The lowest BCUT2D eigenvalue weighted by Crippen LogP contribution is -2.38. The number of benzene rings is 1. The van der Waals surface area contributed by atoms with Gasteiger partial charge in [0.15, 0.2) is 11.2 Å². The van der Waals surface area contributed by atoms with Crippen molar-refractivity contribution in [3.63, 3.8) is 0 Å². The number of unbranched alkanes of at least 4 members (excludes halogenated alkanes) is 5. The third-order valence-electron chi connectivity index (χ3n) is 6.43. The number of hydrogen-bond donors (Lipinski definition) is 1. The second kappa shape index (κ2) is 9.70. The van der Waals surface area contributed by atoms with Gasteiger partial charge < -0.3 is 5.11 Å². The van der Waals surface area contributed by atoms with Crippen molar-refractivity contribution in [1.29, 1.82) is 0 Å². The zero-order valence-electron chi connectivity index (χ0n) is 20.0. The minimum atomic E-state index is -0.592. The molecular weight excluding hydrogens is 434 g/mol. The molecule has 0 aliphatic rings. The molecule has 0 fully saturated rings. The van der Waals surface area contributed by atoms with Gasteiger partial charge in [0.1, 0.15) is 0 Å². The first kappa shape index (κ1) is 23.5. The molecule has 0 saturated heterocycles. The van der Waals surface area contributed by atoms with E-state index >= 15 is 0 Å². The fourth-order valence-electron chi connectivity index (χ4n) is 4.46. The molecule has 0 aliphatic heterocycles. The van der Waals surface area contributed by atoms with Crippen LogP contribution in [0.4, 0.5) is 0 Å². The molecule has 1 N–H and O–H groups in total. The molecule has 9 heteroatoms. The molecular formula is C25H31N5O4. The van der Waals surface area contributed by atoms with Gasteiger partial charge in [0, 0.05) is 14.1 Å².